The van der Waals surface area contributed by atoms with Crippen LogP contribution >= 0.6 is 0 Å². The van der Waals surface area contributed by atoms with Gasteiger partial charge in [0, 0.05) is 12.2 Å². The average Bonchev–Trinajstić information content (AvgIpc) is 3.43. The molecule has 5 aromatic rings. The average molecular weight is 444 g/mol. The van der Waals surface area contributed by atoms with Gasteiger partial charge in [0.1, 0.15) is 5.52 Å². The fourth-order valence-electron chi connectivity index (χ4n) is 4.06. The second-order valence-electron chi connectivity index (χ2n) is 8.23. The predicted octanol–water partition coefficient (Wildman–Crippen LogP) is 7.91. The molecule has 4 nitrogen and oxygen atoms in total. The highest BCUT2D eigenvalue weighted by Crippen LogP contribution is 2.37. The Kier molecular flexibility index (Phi) is 4.69. The molecule has 2 heterocycles. The number of oxazole rings is 1. The molecule has 0 unspecified atom stereocenters. The number of rotatable bonds is 4. The van der Waals surface area contributed by atoms with Crippen molar-refractivity contribution >= 4 is 22.9 Å². The number of anilines is 1. The Labute approximate surface area is 199 Å². The monoisotopic (exact) mass is 443 g/mol. The summed E-state index contributed by atoms with van der Waals surface area (Å²) in [5.74, 6) is 1.61. The Balaban J connectivity index is 1.25. The van der Waals surface area contributed by atoms with Crippen molar-refractivity contribution in [3.05, 3.63) is 120 Å². The lowest BCUT2D eigenvalue weighted by Crippen LogP contribution is -1.96. The van der Waals surface area contributed by atoms with Crippen molar-refractivity contribution < 1.29 is 10.6 Å². The highest BCUT2D eigenvalue weighted by molar-refractivity contribution is 5.81. The molecule has 0 spiro atoms. The molecule has 4 heteroatoms. The molecular weight excluding hydrogens is 420 g/mol. The van der Waals surface area contributed by atoms with Crippen molar-refractivity contribution in [1.82, 2.24) is 4.98 Å². The van der Waals surface area contributed by atoms with Crippen LogP contribution in [0.5, 0.6) is 5.75 Å². The first-order chi connectivity index (χ1) is 17.1. The topological polar surface area (TPSA) is 47.3 Å². The minimum absolute atomic E-state index is 0.432. The van der Waals surface area contributed by atoms with E-state index in [2.05, 4.69) is 29.2 Å². The van der Waals surface area contributed by atoms with Gasteiger partial charge >= 0.3 is 0 Å². The summed E-state index contributed by atoms with van der Waals surface area (Å²) < 4.78 is 20.4. The number of ether oxygens (including phenoxy) is 1. The summed E-state index contributed by atoms with van der Waals surface area (Å²) in [6, 6.07) is 32.2. The highest BCUT2D eigenvalue weighted by atomic mass is 16.5. The van der Waals surface area contributed by atoms with Gasteiger partial charge in [-0.1, -0.05) is 72.8 Å². The largest absolute Gasteiger partial charge is 0.439 e. The molecule has 1 aliphatic heterocycles. The fraction of sp³-hybridized carbons (Fsp3) is 0.0333. The van der Waals surface area contributed by atoms with Crippen molar-refractivity contribution in [3.63, 3.8) is 0 Å². The molecule has 0 atom stereocenters. The zero-order valence-electron chi connectivity index (χ0n) is 19.6. The van der Waals surface area contributed by atoms with Crippen molar-refractivity contribution in [2.24, 2.45) is 0 Å². The van der Waals surface area contributed by atoms with Gasteiger partial charge in [-0.05, 0) is 59.0 Å². The molecule has 6 rings (SSSR count). The Morgan fingerprint density at radius 1 is 0.824 bits per heavy atom. The zero-order chi connectivity index (χ0) is 23.8. The number of aromatic nitrogens is 1. The van der Waals surface area contributed by atoms with Gasteiger partial charge in [0.05, 0.1) is 5.69 Å². The third kappa shape index (κ3) is 3.97. The maximum Gasteiger partial charge on any atom is 0.220 e. The van der Waals surface area contributed by atoms with Gasteiger partial charge in [0.2, 0.25) is 5.89 Å². The molecule has 1 N–H and O–H groups in total. The molecule has 0 saturated carbocycles. The predicted molar refractivity (Wildman–Crippen MR) is 137 cm³/mol. The number of fused-ring (bicyclic) bond motifs is 2. The molecule has 0 bridgehead atoms. The lowest BCUT2D eigenvalue weighted by Gasteiger charge is -2.03. The number of nitrogens with one attached hydrogen (secondary N) is 1. The SMILES string of the molecule is [2H]N1C(=CC(C)=Cc2nc3cc(-c4ccccc4)ccc3o2)Oc2cc(-c3ccccc3)ccc21. The van der Waals surface area contributed by atoms with E-state index in [9.17, 15) is 0 Å². The number of hydrogen-bond donors (Lipinski definition) is 1. The van der Waals surface area contributed by atoms with E-state index in [4.69, 9.17) is 10.6 Å². The van der Waals surface area contributed by atoms with Crippen LogP contribution in [0.1, 0.15) is 12.8 Å². The molecule has 1 aromatic heterocycles. The highest BCUT2D eigenvalue weighted by Gasteiger charge is 2.17. The lowest BCUT2D eigenvalue weighted by molar-refractivity contribution is 0.457. The van der Waals surface area contributed by atoms with E-state index in [1.165, 1.54) is 5.31 Å². The van der Waals surface area contributed by atoms with Crippen LogP contribution in [0.2, 0.25) is 1.41 Å². The second-order valence-corrected chi connectivity index (χ2v) is 8.23. The van der Waals surface area contributed by atoms with Gasteiger partial charge in [0.25, 0.3) is 0 Å². The van der Waals surface area contributed by atoms with Crippen LogP contribution in [0, 0.1) is 0 Å². The van der Waals surface area contributed by atoms with Gasteiger partial charge < -0.3 is 14.5 Å². The minimum Gasteiger partial charge on any atom is -0.439 e. The van der Waals surface area contributed by atoms with Gasteiger partial charge in [0.15, 0.2) is 18.6 Å². The van der Waals surface area contributed by atoms with E-state index in [0.29, 0.717) is 23.2 Å². The first-order valence-corrected chi connectivity index (χ1v) is 11.2. The quantitative estimate of drug-likeness (QED) is 0.307. The van der Waals surface area contributed by atoms with Crippen LogP contribution in [0.4, 0.5) is 5.69 Å². The molecule has 34 heavy (non-hydrogen) atoms. The summed E-state index contributed by atoms with van der Waals surface area (Å²) in [4.78, 5) is 4.64. The summed E-state index contributed by atoms with van der Waals surface area (Å²) in [5, 5.41) is 1.31. The minimum atomic E-state index is 0.432. The molecule has 0 amide bonds. The van der Waals surface area contributed by atoms with Gasteiger partial charge in [-0.25, -0.2) is 4.98 Å². The molecule has 164 valence electrons. The lowest BCUT2D eigenvalue weighted by atomic mass is 10.1. The molecule has 0 aliphatic carbocycles. The Morgan fingerprint density at radius 2 is 1.50 bits per heavy atom. The Hall–Kier alpha value is -4.57. The molecule has 4 aromatic carbocycles. The molecule has 0 fully saturated rings. The summed E-state index contributed by atoms with van der Waals surface area (Å²) in [6.45, 7) is 1.94. The zero-order valence-corrected chi connectivity index (χ0v) is 18.6. The van der Waals surface area contributed by atoms with Crippen molar-refractivity contribution in [2.75, 3.05) is 5.31 Å². The van der Waals surface area contributed by atoms with E-state index < -0.39 is 0 Å². The van der Waals surface area contributed by atoms with Crippen molar-refractivity contribution in [2.45, 2.75) is 6.92 Å². The van der Waals surface area contributed by atoms with Crippen LogP contribution < -0.4 is 10.0 Å². The Morgan fingerprint density at radius 3 is 2.24 bits per heavy atom. The number of benzene rings is 4. The number of allylic oxidation sites excluding steroid dienone is 2. The van der Waals surface area contributed by atoms with Gasteiger partial charge in [-0.15, -0.1) is 0 Å². The van der Waals surface area contributed by atoms with Crippen LogP contribution in [0.25, 0.3) is 39.4 Å². The summed E-state index contributed by atoms with van der Waals surface area (Å²) in [7, 11) is 0. The van der Waals surface area contributed by atoms with Gasteiger partial charge in [-0.3, -0.25) is 0 Å². The third-order valence-corrected chi connectivity index (χ3v) is 5.73. The normalized spacial score (nSPS) is 14.9. The van der Waals surface area contributed by atoms with Crippen LogP contribution in [-0.4, -0.2) is 4.98 Å². The first-order valence-electron chi connectivity index (χ1n) is 11.6. The summed E-state index contributed by atoms with van der Waals surface area (Å²) in [5.41, 5.74) is 7.50. The van der Waals surface area contributed by atoms with Crippen molar-refractivity contribution in [1.29, 1.82) is 0 Å². The van der Waals surface area contributed by atoms with Crippen LogP contribution in [0.15, 0.2) is 119 Å². The van der Waals surface area contributed by atoms with E-state index >= 15 is 0 Å². The molecular formula is C30H22N2O2. The maximum atomic E-state index is 8.49. The number of hydrogen-bond acceptors (Lipinski definition) is 4. The van der Waals surface area contributed by atoms with Crippen molar-refractivity contribution in [3.8, 4) is 28.0 Å². The first kappa shape index (κ1) is 18.9. The van der Waals surface area contributed by atoms with E-state index in [1.54, 1.807) is 0 Å². The van der Waals surface area contributed by atoms with Gasteiger partial charge in [-0.2, -0.15) is 0 Å². The molecule has 0 radical (unpaired) electrons. The third-order valence-electron chi connectivity index (χ3n) is 5.73. The smallest absolute Gasteiger partial charge is 0.220 e. The Bertz CT molecular complexity index is 1590. The van der Waals surface area contributed by atoms with E-state index in [-0.39, 0.29) is 0 Å². The van der Waals surface area contributed by atoms with E-state index in [0.717, 1.165) is 38.9 Å². The molecule has 1 aliphatic rings. The maximum absolute atomic E-state index is 8.49. The van der Waals surface area contributed by atoms with Crippen LogP contribution in [0.3, 0.4) is 0 Å². The summed E-state index contributed by atoms with van der Waals surface area (Å²) in [6.07, 6.45) is 3.67. The molecule has 0 saturated heterocycles. The standard InChI is InChI=1S/C30H22N2O2/c1-20(16-29-31-25-14-12-24(19-28(25)34-29)22-10-6-3-7-11-22)17-30-32-26-18-23(13-15-27(26)33-30)21-8-4-2-5-9-21/h2-19,31H,1H3/i/hD. The second kappa shape index (κ2) is 8.41. The fourth-order valence-corrected chi connectivity index (χ4v) is 4.06. The number of nitrogens with zero attached hydrogens (tertiary/aromatic N) is 1. The van der Waals surface area contributed by atoms with Crippen LogP contribution in [-0.2, 0) is 0 Å². The van der Waals surface area contributed by atoms with E-state index in [1.807, 2.05) is 91.9 Å². The summed E-state index contributed by atoms with van der Waals surface area (Å²) >= 11 is 0.